The number of Topliss-reactive ketones (excluding diaryl/α,β-unsaturated/α-hetero) is 1. The molecule has 3 heteroatoms. The Bertz CT molecular complexity index is 1100. The SMILES string of the molecule is COc1cc2c(cc1C(C)=O)C(C)(C)CCC2(C)C.COc1ccc2c(c1)C(C)(C)CCC2(C)C. The first kappa shape index (κ1) is 27.3. The molecule has 0 heterocycles. The number of hydrogen-bond donors (Lipinski definition) is 0. The van der Waals surface area contributed by atoms with E-state index in [1.807, 2.05) is 0 Å². The molecule has 192 valence electrons. The average Bonchev–Trinajstić information content (AvgIpc) is 2.79. The van der Waals surface area contributed by atoms with Crippen LogP contribution < -0.4 is 9.47 Å². The topological polar surface area (TPSA) is 35.5 Å². The van der Waals surface area contributed by atoms with Gasteiger partial charge in [0.25, 0.3) is 0 Å². The van der Waals surface area contributed by atoms with Gasteiger partial charge in [-0.15, -0.1) is 0 Å². The van der Waals surface area contributed by atoms with Crippen molar-refractivity contribution in [2.75, 3.05) is 14.2 Å². The number of carbonyl (C=O) groups excluding carboxylic acids is 1. The van der Waals surface area contributed by atoms with Crippen molar-refractivity contribution in [1.29, 1.82) is 0 Å². The third-order valence-corrected chi connectivity index (χ3v) is 8.61. The molecule has 2 aliphatic rings. The number of carbonyl (C=O) groups is 1. The zero-order chi connectivity index (χ0) is 26.4. The molecular weight excluding hydrogens is 432 g/mol. The van der Waals surface area contributed by atoms with Gasteiger partial charge >= 0.3 is 0 Å². The average molecular weight is 479 g/mol. The number of benzene rings is 2. The van der Waals surface area contributed by atoms with E-state index in [0.29, 0.717) is 16.7 Å². The molecule has 0 radical (unpaired) electrons. The number of ketones is 1. The Hall–Kier alpha value is -2.29. The van der Waals surface area contributed by atoms with E-state index in [-0.39, 0.29) is 22.0 Å². The largest absolute Gasteiger partial charge is 0.497 e. The van der Waals surface area contributed by atoms with Gasteiger partial charge in [-0.25, -0.2) is 0 Å². The molecule has 0 saturated heterocycles. The summed E-state index contributed by atoms with van der Waals surface area (Å²) in [6.45, 7) is 20.0. The molecule has 0 atom stereocenters. The Morgan fingerprint density at radius 1 is 0.629 bits per heavy atom. The summed E-state index contributed by atoms with van der Waals surface area (Å²) in [5.41, 5.74) is 7.13. The maximum atomic E-state index is 11.8. The molecule has 0 aliphatic heterocycles. The first-order chi connectivity index (χ1) is 16.1. The minimum atomic E-state index is 0.0684. The van der Waals surface area contributed by atoms with Crippen LogP contribution in [0.4, 0.5) is 0 Å². The van der Waals surface area contributed by atoms with Gasteiger partial charge in [0.1, 0.15) is 11.5 Å². The summed E-state index contributed by atoms with van der Waals surface area (Å²) in [4.78, 5) is 11.8. The number of rotatable bonds is 3. The summed E-state index contributed by atoms with van der Waals surface area (Å²) in [5, 5.41) is 0. The lowest BCUT2D eigenvalue weighted by atomic mass is 9.63. The van der Waals surface area contributed by atoms with Crippen molar-refractivity contribution in [3.63, 3.8) is 0 Å². The predicted octanol–water partition coefficient (Wildman–Crippen LogP) is 8.29. The van der Waals surface area contributed by atoms with Crippen LogP contribution in [0.3, 0.4) is 0 Å². The van der Waals surface area contributed by atoms with Gasteiger partial charge in [-0.05, 0) is 101 Å². The fourth-order valence-electron chi connectivity index (χ4n) is 5.73. The van der Waals surface area contributed by atoms with Crippen molar-refractivity contribution in [2.24, 2.45) is 0 Å². The second-order valence-electron chi connectivity index (χ2n) is 13.1. The first-order valence-electron chi connectivity index (χ1n) is 13.0. The van der Waals surface area contributed by atoms with Crippen LogP contribution in [0.15, 0.2) is 30.3 Å². The van der Waals surface area contributed by atoms with Gasteiger partial charge in [-0.2, -0.15) is 0 Å². The highest BCUT2D eigenvalue weighted by Gasteiger charge is 2.38. The normalized spacial score (nSPS) is 20.4. The van der Waals surface area contributed by atoms with E-state index in [1.54, 1.807) is 21.1 Å². The van der Waals surface area contributed by atoms with E-state index >= 15 is 0 Å². The van der Waals surface area contributed by atoms with Crippen LogP contribution in [-0.2, 0) is 21.7 Å². The molecule has 0 spiro atoms. The van der Waals surface area contributed by atoms with Crippen LogP contribution in [0, 0.1) is 0 Å². The quantitative estimate of drug-likeness (QED) is 0.416. The van der Waals surface area contributed by atoms with Gasteiger partial charge in [0, 0.05) is 0 Å². The number of ether oxygens (including phenoxy) is 2. The molecule has 0 aromatic heterocycles. The van der Waals surface area contributed by atoms with E-state index in [2.05, 4.69) is 85.7 Å². The smallest absolute Gasteiger partial charge is 0.163 e. The third kappa shape index (κ3) is 5.29. The zero-order valence-electron chi connectivity index (χ0n) is 23.9. The number of hydrogen-bond acceptors (Lipinski definition) is 3. The summed E-state index contributed by atoms with van der Waals surface area (Å²) in [6, 6.07) is 10.7. The molecule has 4 rings (SSSR count). The Morgan fingerprint density at radius 2 is 1.06 bits per heavy atom. The fraction of sp³-hybridized carbons (Fsp3) is 0.594. The Kier molecular flexibility index (Phi) is 7.25. The lowest BCUT2D eigenvalue weighted by Gasteiger charge is -2.42. The molecule has 0 fully saturated rings. The molecule has 3 nitrogen and oxygen atoms in total. The maximum Gasteiger partial charge on any atom is 0.163 e. The molecule has 2 aliphatic carbocycles. The van der Waals surface area contributed by atoms with Gasteiger partial charge in [0.15, 0.2) is 5.78 Å². The zero-order valence-corrected chi connectivity index (χ0v) is 23.9. The molecule has 0 unspecified atom stereocenters. The molecule has 0 bridgehead atoms. The Balaban J connectivity index is 0.000000198. The lowest BCUT2D eigenvalue weighted by molar-refractivity contribution is 0.101. The van der Waals surface area contributed by atoms with Crippen molar-refractivity contribution in [2.45, 2.75) is 110 Å². The van der Waals surface area contributed by atoms with Crippen molar-refractivity contribution in [1.82, 2.24) is 0 Å². The van der Waals surface area contributed by atoms with Crippen LogP contribution in [0.25, 0.3) is 0 Å². The summed E-state index contributed by atoms with van der Waals surface area (Å²) >= 11 is 0. The maximum absolute atomic E-state index is 11.8. The highest BCUT2D eigenvalue weighted by molar-refractivity contribution is 5.97. The molecule has 0 amide bonds. The van der Waals surface area contributed by atoms with E-state index in [4.69, 9.17) is 9.47 Å². The number of fused-ring (bicyclic) bond motifs is 2. The molecule has 0 saturated carbocycles. The molecule has 35 heavy (non-hydrogen) atoms. The van der Waals surface area contributed by atoms with Crippen molar-refractivity contribution >= 4 is 5.78 Å². The second kappa shape index (κ2) is 9.30. The van der Waals surface area contributed by atoms with E-state index in [0.717, 1.165) is 18.6 Å². The highest BCUT2D eigenvalue weighted by Crippen LogP contribution is 2.48. The number of methoxy groups -OCH3 is 2. The van der Waals surface area contributed by atoms with Crippen LogP contribution in [0.1, 0.15) is 121 Å². The van der Waals surface area contributed by atoms with E-state index in [9.17, 15) is 4.79 Å². The van der Waals surface area contributed by atoms with Crippen LogP contribution >= 0.6 is 0 Å². The summed E-state index contributed by atoms with van der Waals surface area (Å²) < 4.78 is 10.8. The third-order valence-electron chi connectivity index (χ3n) is 8.61. The van der Waals surface area contributed by atoms with Gasteiger partial charge in [-0.1, -0.05) is 61.5 Å². The van der Waals surface area contributed by atoms with Crippen LogP contribution in [0.2, 0.25) is 0 Å². The minimum absolute atomic E-state index is 0.0684. The standard InChI is InChI=1S/C17H24O2.C15H22O/c1-11(18)12-9-13-14(10-15(12)19-6)17(4,5)8-7-16(13,2)3;1-14(2)8-9-15(3,4)13-10-11(16-5)6-7-12(13)14/h9-10H,7-8H2,1-6H3;6-7,10H,8-9H2,1-5H3. The monoisotopic (exact) mass is 478 g/mol. The predicted molar refractivity (Wildman–Crippen MR) is 147 cm³/mol. The Morgan fingerprint density at radius 3 is 1.49 bits per heavy atom. The van der Waals surface area contributed by atoms with Crippen LogP contribution in [0.5, 0.6) is 11.5 Å². The van der Waals surface area contributed by atoms with Crippen LogP contribution in [-0.4, -0.2) is 20.0 Å². The first-order valence-corrected chi connectivity index (χ1v) is 13.0. The highest BCUT2D eigenvalue weighted by atomic mass is 16.5. The summed E-state index contributed by atoms with van der Waals surface area (Å²) in [6.07, 6.45) is 4.83. The minimum Gasteiger partial charge on any atom is -0.497 e. The summed E-state index contributed by atoms with van der Waals surface area (Å²) in [7, 11) is 3.37. The summed E-state index contributed by atoms with van der Waals surface area (Å²) in [5.74, 6) is 1.75. The van der Waals surface area contributed by atoms with Gasteiger partial charge in [0.05, 0.1) is 19.8 Å². The lowest BCUT2D eigenvalue weighted by Crippen LogP contribution is -2.34. The molecule has 0 N–H and O–H groups in total. The van der Waals surface area contributed by atoms with E-state index < -0.39 is 0 Å². The van der Waals surface area contributed by atoms with E-state index in [1.165, 1.54) is 35.1 Å². The van der Waals surface area contributed by atoms with Crippen molar-refractivity contribution in [3.8, 4) is 11.5 Å². The van der Waals surface area contributed by atoms with Gasteiger partial charge < -0.3 is 9.47 Å². The fourth-order valence-corrected chi connectivity index (χ4v) is 5.73. The van der Waals surface area contributed by atoms with Crippen molar-refractivity contribution < 1.29 is 14.3 Å². The molecule has 2 aromatic carbocycles. The van der Waals surface area contributed by atoms with Gasteiger partial charge in [-0.3, -0.25) is 4.79 Å². The van der Waals surface area contributed by atoms with Crippen molar-refractivity contribution in [3.05, 3.63) is 58.1 Å². The second-order valence-corrected chi connectivity index (χ2v) is 13.1. The molecular formula is C32H46O3. The van der Waals surface area contributed by atoms with Gasteiger partial charge in [0.2, 0.25) is 0 Å². The Labute approximate surface area is 213 Å². The molecule has 2 aromatic rings.